The van der Waals surface area contributed by atoms with Crippen LogP contribution in [0.2, 0.25) is 0 Å². The van der Waals surface area contributed by atoms with E-state index in [0.29, 0.717) is 37.5 Å². The minimum Gasteiger partial charge on any atom is -0.352 e. The summed E-state index contributed by atoms with van der Waals surface area (Å²) >= 11 is 1.57. The number of carbonyl (C=O) groups is 1. The topological polar surface area (TPSA) is 85.8 Å². The van der Waals surface area contributed by atoms with Crippen molar-refractivity contribution in [2.75, 3.05) is 0 Å². The molecule has 0 fully saturated rings. The lowest BCUT2D eigenvalue weighted by Gasteiger charge is -2.12. The molecule has 1 amide bonds. The zero-order valence-corrected chi connectivity index (χ0v) is 19.9. The van der Waals surface area contributed by atoms with E-state index in [1.54, 1.807) is 17.5 Å². The standard InChI is InChI=1S/C27H25N5O2S/c33-25(9-3-10-26-30-27(31-34-26)24-8-4-17-35-24)28-18-22-6-1-2-7-23(22)21-13-11-20(12-14-21)19-32-16-5-15-29-32/h1-2,4-8,11-17H,3,9-10,18-19H2,(H,28,33). The van der Waals surface area contributed by atoms with Crippen LogP contribution in [0.4, 0.5) is 0 Å². The molecule has 7 nitrogen and oxygen atoms in total. The number of hydrogen-bond acceptors (Lipinski definition) is 6. The number of nitrogens with zero attached hydrogens (tertiary/aromatic N) is 4. The summed E-state index contributed by atoms with van der Waals surface area (Å²) in [5.41, 5.74) is 4.51. The lowest BCUT2D eigenvalue weighted by atomic mass is 9.98. The van der Waals surface area contributed by atoms with Crippen LogP contribution in [0.1, 0.15) is 29.9 Å². The van der Waals surface area contributed by atoms with E-state index in [4.69, 9.17) is 4.52 Å². The van der Waals surface area contributed by atoms with Crippen LogP contribution >= 0.6 is 11.3 Å². The lowest BCUT2D eigenvalue weighted by molar-refractivity contribution is -0.121. The van der Waals surface area contributed by atoms with Crippen LogP contribution in [-0.2, 0) is 24.3 Å². The summed E-state index contributed by atoms with van der Waals surface area (Å²) in [7, 11) is 0. The van der Waals surface area contributed by atoms with Gasteiger partial charge in [0.25, 0.3) is 0 Å². The molecule has 0 aliphatic heterocycles. The first-order valence-corrected chi connectivity index (χ1v) is 12.4. The van der Waals surface area contributed by atoms with Crippen molar-refractivity contribution in [3.05, 3.63) is 102 Å². The molecule has 0 bridgehead atoms. The van der Waals surface area contributed by atoms with E-state index < -0.39 is 0 Å². The maximum atomic E-state index is 12.5. The van der Waals surface area contributed by atoms with Crippen molar-refractivity contribution < 1.29 is 9.32 Å². The summed E-state index contributed by atoms with van der Waals surface area (Å²) in [6, 6.07) is 22.5. The second-order valence-corrected chi connectivity index (χ2v) is 9.12. The number of aryl methyl sites for hydroxylation is 1. The molecule has 176 valence electrons. The third-order valence-electron chi connectivity index (χ3n) is 5.67. The first kappa shape index (κ1) is 22.7. The number of nitrogens with one attached hydrogen (secondary N) is 1. The largest absolute Gasteiger partial charge is 0.352 e. The minimum atomic E-state index is 0.00682. The first-order chi connectivity index (χ1) is 17.2. The maximum Gasteiger partial charge on any atom is 0.226 e. The predicted molar refractivity (Wildman–Crippen MR) is 136 cm³/mol. The maximum absolute atomic E-state index is 12.5. The summed E-state index contributed by atoms with van der Waals surface area (Å²) in [5.74, 6) is 1.17. The van der Waals surface area contributed by atoms with Crippen molar-refractivity contribution in [2.24, 2.45) is 0 Å². The molecule has 0 aliphatic rings. The van der Waals surface area contributed by atoms with E-state index in [0.717, 1.165) is 28.1 Å². The van der Waals surface area contributed by atoms with Gasteiger partial charge >= 0.3 is 0 Å². The molecule has 0 saturated carbocycles. The number of hydrogen-bond donors (Lipinski definition) is 1. The molecule has 5 aromatic rings. The molecule has 5 rings (SSSR count). The van der Waals surface area contributed by atoms with Crippen LogP contribution in [0.15, 0.2) is 89.0 Å². The Morgan fingerprint density at radius 1 is 1.03 bits per heavy atom. The van der Waals surface area contributed by atoms with Crippen molar-refractivity contribution >= 4 is 17.2 Å². The average molecular weight is 484 g/mol. The fraction of sp³-hybridized carbons (Fsp3) is 0.185. The van der Waals surface area contributed by atoms with Gasteiger partial charge in [0.05, 0.1) is 11.4 Å². The van der Waals surface area contributed by atoms with Gasteiger partial charge in [0.15, 0.2) is 0 Å². The Kier molecular flexibility index (Phi) is 7.10. The van der Waals surface area contributed by atoms with Crippen LogP contribution in [0.25, 0.3) is 21.8 Å². The fourth-order valence-corrected chi connectivity index (χ4v) is 4.52. The Bertz CT molecular complexity index is 1360. The molecule has 2 aromatic carbocycles. The minimum absolute atomic E-state index is 0.00682. The van der Waals surface area contributed by atoms with Crippen LogP contribution in [0, 0.1) is 0 Å². The molecule has 3 heterocycles. The quantitative estimate of drug-likeness (QED) is 0.289. The van der Waals surface area contributed by atoms with E-state index in [1.807, 2.05) is 46.6 Å². The van der Waals surface area contributed by atoms with Crippen LogP contribution in [-0.4, -0.2) is 25.8 Å². The number of rotatable bonds is 10. The smallest absolute Gasteiger partial charge is 0.226 e. The second-order valence-electron chi connectivity index (χ2n) is 8.18. The van der Waals surface area contributed by atoms with E-state index in [1.165, 1.54) is 5.56 Å². The summed E-state index contributed by atoms with van der Waals surface area (Å²) in [6.07, 6.45) is 5.37. The Labute approximate surface area is 207 Å². The van der Waals surface area contributed by atoms with Crippen molar-refractivity contribution in [1.82, 2.24) is 25.2 Å². The van der Waals surface area contributed by atoms with Gasteiger partial charge in [-0.1, -0.05) is 59.8 Å². The lowest BCUT2D eigenvalue weighted by Crippen LogP contribution is -2.22. The highest BCUT2D eigenvalue weighted by molar-refractivity contribution is 7.13. The summed E-state index contributed by atoms with van der Waals surface area (Å²) in [4.78, 5) is 17.8. The van der Waals surface area contributed by atoms with Gasteiger partial charge in [0.1, 0.15) is 0 Å². The highest BCUT2D eigenvalue weighted by atomic mass is 32.1. The summed E-state index contributed by atoms with van der Waals surface area (Å²) in [6.45, 7) is 1.22. The van der Waals surface area contributed by atoms with Crippen LogP contribution in [0.5, 0.6) is 0 Å². The molecule has 0 aliphatic carbocycles. The number of benzene rings is 2. The van der Waals surface area contributed by atoms with Gasteiger partial charge in [-0.2, -0.15) is 10.1 Å². The van der Waals surface area contributed by atoms with Gasteiger partial charge in [-0.05, 0) is 46.2 Å². The SMILES string of the molecule is O=C(CCCc1nc(-c2cccs2)no1)NCc1ccccc1-c1ccc(Cn2cccn2)cc1. The molecular formula is C27H25N5O2S. The Morgan fingerprint density at radius 2 is 1.91 bits per heavy atom. The van der Waals surface area contributed by atoms with Gasteiger partial charge in [0.2, 0.25) is 17.6 Å². The molecule has 0 radical (unpaired) electrons. The van der Waals surface area contributed by atoms with Crippen molar-refractivity contribution in [3.8, 4) is 21.8 Å². The molecule has 0 atom stereocenters. The normalized spacial score (nSPS) is 11.0. The highest BCUT2D eigenvalue weighted by Crippen LogP contribution is 2.25. The molecule has 0 spiro atoms. The molecule has 35 heavy (non-hydrogen) atoms. The van der Waals surface area contributed by atoms with E-state index in [-0.39, 0.29) is 5.91 Å². The monoisotopic (exact) mass is 483 g/mol. The Balaban J connectivity index is 1.13. The van der Waals surface area contributed by atoms with Gasteiger partial charge < -0.3 is 9.84 Å². The van der Waals surface area contributed by atoms with Crippen molar-refractivity contribution in [1.29, 1.82) is 0 Å². The average Bonchev–Trinajstić information content (AvgIpc) is 3.67. The fourth-order valence-electron chi connectivity index (χ4n) is 3.87. The molecular weight excluding hydrogens is 458 g/mol. The number of aromatic nitrogens is 4. The number of carbonyl (C=O) groups excluding carboxylic acids is 1. The molecule has 3 aromatic heterocycles. The highest BCUT2D eigenvalue weighted by Gasteiger charge is 2.11. The predicted octanol–water partition coefficient (Wildman–Crippen LogP) is 5.35. The van der Waals surface area contributed by atoms with E-state index >= 15 is 0 Å². The van der Waals surface area contributed by atoms with Crippen molar-refractivity contribution in [2.45, 2.75) is 32.4 Å². The zero-order chi connectivity index (χ0) is 23.9. The Morgan fingerprint density at radius 3 is 2.71 bits per heavy atom. The van der Waals surface area contributed by atoms with E-state index in [9.17, 15) is 4.79 Å². The molecule has 0 unspecified atom stereocenters. The van der Waals surface area contributed by atoms with Gasteiger partial charge in [-0.15, -0.1) is 11.3 Å². The molecule has 1 N–H and O–H groups in total. The number of amides is 1. The third-order valence-corrected chi connectivity index (χ3v) is 6.53. The second kappa shape index (κ2) is 10.9. The summed E-state index contributed by atoms with van der Waals surface area (Å²) in [5, 5.41) is 13.3. The van der Waals surface area contributed by atoms with E-state index in [2.05, 4.69) is 57.0 Å². The van der Waals surface area contributed by atoms with Gasteiger partial charge in [-0.3, -0.25) is 9.48 Å². The van der Waals surface area contributed by atoms with Gasteiger partial charge in [0, 0.05) is 31.8 Å². The van der Waals surface area contributed by atoms with Crippen molar-refractivity contribution in [3.63, 3.8) is 0 Å². The summed E-state index contributed by atoms with van der Waals surface area (Å²) < 4.78 is 7.21. The third kappa shape index (κ3) is 5.91. The first-order valence-electron chi connectivity index (χ1n) is 11.5. The van der Waals surface area contributed by atoms with Crippen LogP contribution < -0.4 is 5.32 Å². The zero-order valence-electron chi connectivity index (χ0n) is 19.1. The molecule has 0 saturated heterocycles. The van der Waals surface area contributed by atoms with Crippen LogP contribution in [0.3, 0.4) is 0 Å². The Hall–Kier alpha value is -4.04. The van der Waals surface area contributed by atoms with Gasteiger partial charge in [-0.25, -0.2) is 0 Å². The number of thiophene rings is 1. The molecule has 8 heteroatoms.